The van der Waals surface area contributed by atoms with Gasteiger partial charge in [-0.25, -0.2) is 0 Å². The molecule has 79 heavy (non-hydrogen) atoms. The van der Waals surface area contributed by atoms with Crippen LogP contribution in [0.25, 0.3) is 0 Å². The monoisotopic (exact) mass is 1140 g/mol. The summed E-state index contributed by atoms with van der Waals surface area (Å²) in [4.78, 5) is 38.0. The zero-order valence-electron chi connectivity index (χ0n) is 53.6. The van der Waals surface area contributed by atoms with Crippen LogP contribution in [0.4, 0.5) is 0 Å². The average molecular weight is 1140 g/mol. The molecule has 0 saturated carbocycles. The van der Waals surface area contributed by atoms with E-state index in [0.29, 0.717) is 17.4 Å². The standard InChI is InChI=1S/C69H136NO8P/c1-6-8-10-12-14-16-18-20-22-24-26-28-30-32-34-36-37-39-41-43-45-47-49-51-53-55-57-59-61-68(71)75-65-67(66-77-79(73,74)76-64-63-70(3,4)5)78-69(72)62-60-58-56-54-52-50-48-46-44-42-40-38-35-33-31-29-27-25-23-21-19-17-15-13-11-9-7-2/h25,27,67H,6-24,26,28-66H2,1-5H3/b27-25-. The van der Waals surface area contributed by atoms with Crippen LogP contribution in [-0.4, -0.2) is 70.0 Å². The Morgan fingerprint density at radius 3 is 0.937 bits per heavy atom. The minimum atomic E-state index is -4.64. The first-order chi connectivity index (χ1) is 38.5. The van der Waals surface area contributed by atoms with Crippen LogP contribution in [0, 0.1) is 0 Å². The predicted molar refractivity (Wildman–Crippen MR) is 338 cm³/mol. The van der Waals surface area contributed by atoms with E-state index < -0.39 is 26.5 Å². The van der Waals surface area contributed by atoms with Gasteiger partial charge in [0.15, 0.2) is 6.10 Å². The molecule has 470 valence electrons. The van der Waals surface area contributed by atoms with Gasteiger partial charge in [0.2, 0.25) is 0 Å². The summed E-state index contributed by atoms with van der Waals surface area (Å²) < 4.78 is 34.3. The summed E-state index contributed by atoms with van der Waals surface area (Å²) in [6.07, 6.45) is 74.4. The van der Waals surface area contributed by atoms with Crippen LogP contribution in [0.15, 0.2) is 12.2 Å². The minimum absolute atomic E-state index is 0.0262. The van der Waals surface area contributed by atoms with E-state index >= 15 is 0 Å². The van der Waals surface area contributed by atoms with Crippen molar-refractivity contribution >= 4 is 19.8 Å². The van der Waals surface area contributed by atoms with Crippen molar-refractivity contribution in [2.75, 3.05) is 47.5 Å². The number of carbonyl (C=O) groups excluding carboxylic acids is 2. The fourth-order valence-electron chi connectivity index (χ4n) is 10.7. The van der Waals surface area contributed by atoms with Gasteiger partial charge in [0.05, 0.1) is 27.7 Å². The lowest BCUT2D eigenvalue weighted by molar-refractivity contribution is -0.870. The Morgan fingerprint density at radius 2 is 0.646 bits per heavy atom. The lowest BCUT2D eigenvalue weighted by atomic mass is 10.0. The van der Waals surface area contributed by atoms with Gasteiger partial charge in [0, 0.05) is 12.8 Å². The Balaban J connectivity index is 3.99. The molecule has 2 unspecified atom stereocenters. The summed E-state index contributed by atoms with van der Waals surface area (Å²) >= 11 is 0. The van der Waals surface area contributed by atoms with Gasteiger partial charge < -0.3 is 27.9 Å². The first kappa shape index (κ1) is 77.8. The Labute approximate surface area is 492 Å². The Morgan fingerprint density at radius 1 is 0.380 bits per heavy atom. The molecular weight excluding hydrogens is 1000 g/mol. The van der Waals surface area contributed by atoms with E-state index in [9.17, 15) is 19.0 Å². The number of ether oxygens (including phenoxy) is 2. The lowest BCUT2D eigenvalue weighted by Crippen LogP contribution is -2.37. The second-order valence-electron chi connectivity index (χ2n) is 25.3. The molecule has 0 N–H and O–H groups in total. The predicted octanol–water partition coefficient (Wildman–Crippen LogP) is 21.7. The summed E-state index contributed by atoms with van der Waals surface area (Å²) in [6.45, 7) is 4.32. The smallest absolute Gasteiger partial charge is 0.306 e. The average Bonchev–Trinajstić information content (AvgIpc) is 3.41. The molecule has 9 nitrogen and oxygen atoms in total. The van der Waals surface area contributed by atoms with Crippen molar-refractivity contribution < 1.29 is 42.1 Å². The molecule has 2 atom stereocenters. The molecule has 0 aliphatic carbocycles. The van der Waals surface area contributed by atoms with Crippen LogP contribution in [-0.2, 0) is 32.7 Å². The first-order valence-electron chi connectivity index (χ1n) is 34.9. The van der Waals surface area contributed by atoms with Crippen LogP contribution < -0.4 is 4.89 Å². The fraction of sp³-hybridized carbons (Fsp3) is 0.942. The van der Waals surface area contributed by atoms with Crippen LogP contribution in [0.2, 0.25) is 0 Å². The highest BCUT2D eigenvalue weighted by molar-refractivity contribution is 7.45. The third kappa shape index (κ3) is 65.8. The van der Waals surface area contributed by atoms with Gasteiger partial charge in [0.25, 0.3) is 7.82 Å². The maximum Gasteiger partial charge on any atom is 0.306 e. The summed E-state index contributed by atoms with van der Waals surface area (Å²) in [5.74, 6) is -0.807. The molecule has 0 aliphatic heterocycles. The number of phosphoric ester groups is 1. The van der Waals surface area contributed by atoms with Crippen LogP contribution in [0.3, 0.4) is 0 Å². The van der Waals surface area contributed by atoms with E-state index in [4.69, 9.17) is 18.5 Å². The highest BCUT2D eigenvalue weighted by atomic mass is 31.2. The highest BCUT2D eigenvalue weighted by Crippen LogP contribution is 2.38. The zero-order chi connectivity index (χ0) is 57.7. The van der Waals surface area contributed by atoms with Crippen LogP contribution in [0.1, 0.15) is 367 Å². The molecule has 0 aromatic carbocycles. The fourth-order valence-corrected chi connectivity index (χ4v) is 11.4. The van der Waals surface area contributed by atoms with E-state index in [2.05, 4.69) is 26.0 Å². The zero-order valence-corrected chi connectivity index (χ0v) is 54.5. The van der Waals surface area contributed by atoms with Crippen molar-refractivity contribution in [1.82, 2.24) is 0 Å². The van der Waals surface area contributed by atoms with Gasteiger partial charge in [-0.3, -0.25) is 14.2 Å². The summed E-state index contributed by atoms with van der Waals surface area (Å²) in [7, 11) is 1.19. The number of hydrogen-bond donors (Lipinski definition) is 0. The van der Waals surface area contributed by atoms with Crippen molar-refractivity contribution in [3.8, 4) is 0 Å². The van der Waals surface area contributed by atoms with E-state index in [1.807, 2.05) is 21.1 Å². The number of rotatable bonds is 66. The van der Waals surface area contributed by atoms with E-state index in [1.165, 1.54) is 302 Å². The third-order valence-electron chi connectivity index (χ3n) is 16.0. The van der Waals surface area contributed by atoms with Crippen LogP contribution >= 0.6 is 7.82 Å². The van der Waals surface area contributed by atoms with Gasteiger partial charge in [-0.05, 0) is 38.5 Å². The number of nitrogens with zero attached hydrogens (tertiary/aromatic N) is 1. The number of carbonyl (C=O) groups is 2. The molecule has 0 heterocycles. The quantitative estimate of drug-likeness (QED) is 0.0195. The maximum atomic E-state index is 12.9. The number of allylic oxidation sites excluding steroid dienone is 2. The largest absolute Gasteiger partial charge is 0.756 e. The lowest BCUT2D eigenvalue weighted by Gasteiger charge is -2.28. The Kier molecular flexibility index (Phi) is 60.3. The van der Waals surface area contributed by atoms with Crippen molar-refractivity contribution in [3.63, 3.8) is 0 Å². The SMILES string of the molecule is CCCCCCCCCC/C=C\CCCCCCCCCCCCCCCCCC(=O)OC(COC(=O)CCCCCCCCCCCCCCCCCCCCCCCCCCCCCC)COP(=O)([O-])OCC[N+](C)(C)C. The molecular formula is C69H136NO8P. The molecule has 0 radical (unpaired) electrons. The Hall–Kier alpha value is -1.25. The maximum absolute atomic E-state index is 12.9. The van der Waals surface area contributed by atoms with Crippen molar-refractivity contribution in [3.05, 3.63) is 12.2 Å². The molecule has 10 heteroatoms. The van der Waals surface area contributed by atoms with Gasteiger partial charge >= 0.3 is 11.9 Å². The summed E-state index contributed by atoms with van der Waals surface area (Å²) in [6, 6.07) is 0. The summed E-state index contributed by atoms with van der Waals surface area (Å²) in [5.41, 5.74) is 0. The number of hydrogen-bond acceptors (Lipinski definition) is 8. The molecule has 0 rings (SSSR count). The second-order valence-corrected chi connectivity index (χ2v) is 26.7. The number of unbranched alkanes of at least 4 members (excludes halogenated alkanes) is 50. The molecule has 0 fully saturated rings. The van der Waals surface area contributed by atoms with Gasteiger partial charge in [-0.15, -0.1) is 0 Å². The minimum Gasteiger partial charge on any atom is -0.756 e. The molecule has 0 aromatic heterocycles. The van der Waals surface area contributed by atoms with E-state index in [1.54, 1.807) is 0 Å². The molecule has 0 spiro atoms. The number of quaternary nitrogens is 1. The van der Waals surface area contributed by atoms with Gasteiger partial charge in [0.1, 0.15) is 19.8 Å². The van der Waals surface area contributed by atoms with Gasteiger partial charge in [-0.1, -0.05) is 328 Å². The van der Waals surface area contributed by atoms with Crippen LogP contribution in [0.5, 0.6) is 0 Å². The number of phosphoric acid groups is 1. The van der Waals surface area contributed by atoms with Crippen molar-refractivity contribution in [1.29, 1.82) is 0 Å². The Bertz CT molecular complexity index is 1340. The normalized spacial score (nSPS) is 13.1. The highest BCUT2D eigenvalue weighted by Gasteiger charge is 2.22. The molecule has 0 bridgehead atoms. The van der Waals surface area contributed by atoms with E-state index in [0.717, 1.165) is 32.1 Å². The van der Waals surface area contributed by atoms with Crippen molar-refractivity contribution in [2.24, 2.45) is 0 Å². The first-order valence-corrected chi connectivity index (χ1v) is 36.4. The second kappa shape index (κ2) is 61.3. The van der Waals surface area contributed by atoms with Crippen molar-refractivity contribution in [2.45, 2.75) is 373 Å². The number of esters is 2. The topological polar surface area (TPSA) is 111 Å². The summed E-state index contributed by atoms with van der Waals surface area (Å²) in [5, 5.41) is 0. The third-order valence-corrected chi connectivity index (χ3v) is 17.0. The molecule has 0 aromatic rings. The van der Waals surface area contributed by atoms with Gasteiger partial charge in [-0.2, -0.15) is 0 Å². The molecule has 0 amide bonds. The molecule has 0 saturated heterocycles. The molecule has 0 aliphatic rings. The number of likely N-dealkylation sites (N-methyl/N-ethyl adjacent to an activating group) is 1. The van der Waals surface area contributed by atoms with E-state index in [-0.39, 0.29) is 32.0 Å².